The minimum atomic E-state index is -0.527. The summed E-state index contributed by atoms with van der Waals surface area (Å²) in [4.78, 5) is 29.5. The maximum absolute atomic E-state index is 14.1. The van der Waals surface area contributed by atoms with Gasteiger partial charge in [0.1, 0.15) is 16.9 Å². The summed E-state index contributed by atoms with van der Waals surface area (Å²) in [5.74, 6) is 0.00628. The molecule has 9 heteroatoms. The molecule has 2 aliphatic heterocycles. The van der Waals surface area contributed by atoms with Crippen molar-refractivity contribution in [3.05, 3.63) is 65.0 Å². The van der Waals surface area contributed by atoms with E-state index in [2.05, 4.69) is 15.4 Å². The predicted molar refractivity (Wildman–Crippen MR) is 123 cm³/mol. The van der Waals surface area contributed by atoms with Crippen LogP contribution in [0.3, 0.4) is 0 Å². The zero-order chi connectivity index (χ0) is 23.7. The molecule has 5 rings (SSSR count). The number of fused-ring (bicyclic) bond motifs is 2. The number of aromatic nitrogens is 3. The summed E-state index contributed by atoms with van der Waals surface area (Å²) in [7, 11) is 0. The summed E-state index contributed by atoms with van der Waals surface area (Å²) >= 11 is 0. The topological polar surface area (TPSA) is 106 Å². The van der Waals surface area contributed by atoms with Gasteiger partial charge in [0.25, 0.3) is 5.91 Å². The molecule has 1 N–H and O–H groups in total. The third kappa shape index (κ3) is 4.27. The number of nitriles is 1. The number of carbonyl (C=O) groups is 2. The lowest BCUT2D eigenvalue weighted by Gasteiger charge is -2.21. The van der Waals surface area contributed by atoms with Gasteiger partial charge >= 0.3 is 0 Å². The molecule has 1 aromatic heterocycles. The second-order valence-electron chi connectivity index (χ2n) is 8.84. The molecule has 2 fully saturated rings. The average molecular weight is 458 g/mol. The number of rotatable bonds is 3. The van der Waals surface area contributed by atoms with E-state index in [0.29, 0.717) is 49.1 Å². The minimum Gasteiger partial charge on any atom is -0.339 e. The van der Waals surface area contributed by atoms with Crippen LogP contribution in [0.4, 0.5) is 4.39 Å². The zero-order valence-corrected chi connectivity index (χ0v) is 18.4. The first-order valence-electron chi connectivity index (χ1n) is 11.3. The van der Waals surface area contributed by atoms with Gasteiger partial charge < -0.3 is 9.80 Å². The Morgan fingerprint density at radius 1 is 1.03 bits per heavy atom. The highest BCUT2D eigenvalue weighted by atomic mass is 19.1. The van der Waals surface area contributed by atoms with E-state index in [0.717, 1.165) is 24.4 Å². The first-order chi connectivity index (χ1) is 16.5. The molecule has 0 aliphatic carbocycles. The van der Waals surface area contributed by atoms with Crippen LogP contribution in [0.2, 0.25) is 0 Å². The molecular formula is C25H23FN6O2. The molecule has 8 nitrogen and oxygen atoms in total. The number of amides is 2. The van der Waals surface area contributed by atoms with E-state index in [1.54, 1.807) is 23.1 Å². The minimum absolute atomic E-state index is 0.00159. The van der Waals surface area contributed by atoms with Crippen molar-refractivity contribution >= 4 is 28.9 Å². The molecule has 3 aromatic rings. The van der Waals surface area contributed by atoms with Crippen LogP contribution >= 0.6 is 0 Å². The van der Waals surface area contributed by atoms with E-state index in [9.17, 15) is 14.0 Å². The number of likely N-dealkylation sites (tertiary alicyclic amines) is 2. The fraction of sp³-hybridized carbons (Fsp3) is 0.320. The van der Waals surface area contributed by atoms with Crippen LogP contribution in [-0.4, -0.2) is 63.2 Å². The van der Waals surface area contributed by atoms with Crippen molar-refractivity contribution in [1.82, 2.24) is 25.2 Å². The number of halogens is 1. The number of hydrogen-bond acceptors (Lipinski definition) is 5. The van der Waals surface area contributed by atoms with Gasteiger partial charge in [-0.1, -0.05) is 6.07 Å². The second kappa shape index (κ2) is 9.06. The molecular weight excluding hydrogens is 435 g/mol. The Morgan fingerprint density at radius 2 is 1.76 bits per heavy atom. The Morgan fingerprint density at radius 3 is 2.47 bits per heavy atom. The van der Waals surface area contributed by atoms with Crippen molar-refractivity contribution in [2.45, 2.75) is 12.8 Å². The van der Waals surface area contributed by atoms with Gasteiger partial charge in [0.15, 0.2) is 0 Å². The third-order valence-electron chi connectivity index (χ3n) is 6.81. The Bertz CT molecular complexity index is 1310. The Kier molecular flexibility index (Phi) is 5.80. The summed E-state index contributed by atoms with van der Waals surface area (Å²) in [6.07, 6.45) is 4.49. The van der Waals surface area contributed by atoms with Crippen molar-refractivity contribution in [3.8, 4) is 6.07 Å². The molecule has 0 bridgehead atoms. The first kappa shape index (κ1) is 21.8. The molecule has 0 unspecified atom stereocenters. The molecule has 2 aromatic carbocycles. The zero-order valence-electron chi connectivity index (χ0n) is 18.4. The molecule has 2 aliphatic rings. The standard InChI is InChI=1S/C25H23FN6O2/c26-21-11-16(13-27)1-2-17(21)4-6-24(33)31-9-7-19-14-32(15-20(19)8-10-31)25(34)18-3-5-22-23(12-18)29-30-28-22/h1-6,11-12,19-20H,7-10,14-15H2,(H,28,29,30)/b6-4+/t19-,20+. The van der Waals surface area contributed by atoms with E-state index < -0.39 is 5.82 Å². The van der Waals surface area contributed by atoms with Gasteiger partial charge in [-0.2, -0.15) is 20.7 Å². The lowest BCUT2D eigenvalue weighted by molar-refractivity contribution is -0.126. The van der Waals surface area contributed by atoms with E-state index >= 15 is 0 Å². The molecule has 2 saturated heterocycles. The number of H-pyrrole nitrogens is 1. The van der Waals surface area contributed by atoms with E-state index in [1.165, 1.54) is 24.3 Å². The Hall–Kier alpha value is -4.06. The summed E-state index contributed by atoms with van der Waals surface area (Å²) in [6.45, 7) is 2.56. The number of nitrogens with zero attached hydrogens (tertiary/aromatic N) is 5. The van der Waals surface area contributed by atoms with Gasteiger partial charge in [0.2, 0.25) is 5.91 Å². The molecule has 2 amide bonds. The van der Waals surface area contributed by atoms with Crippen LogP contribution in [-0.2, 0) is 4.79 Å². The lowest BCUT2D eigenvalue weighted by Crippen LogP contribution is -2.33. The average Bonchev–Trinajstić information content (AvgIpc) is 3.44. The van der Waals surface area contributed by atoms with Crippen LogP contribution in [0, 0.1) is 29.0 Å². The van der Waals surface area contributed by atoms with Crippen LogP contribution in [0.25, 0.3) is 17.1 Å². The largest absolute Gasteiger partial charge is 0.339 e. The highest BCUT2D eigenvalue weighted by molar-refractivity contribution is 5.97. The summed E-state index contributed by atoms with van der Waals surface area (Å²) in [5.41, 5.74) is 2.52. The molecule has 172 valence electrons. The number of benzene rings is 2. The van der Waals surface area contributed by atoms with Gasteiger partial charge in [-0.25, -0.2) is 4.39 Å². The quantitative estimate of drug-likeness (QED) is 0.608. The van der Waals surface area contributed by atoms with Crippen LogP contribution in [0.15, 0.2) is 42.5 Å². The Labute approximate surface area is 195 Å². The van der Waals surface area contributed by atoms with E-state index in [4.69, 9.17) is 5.26 Å². The molecule has 0 saturated carbocycles. The monoisotopic (exact) mass is 458 g/mol. The first-order valence-corrected chi connectivity index (χ1v) is 11.3. The van der Waals surface area contributed by atoms with Crippen LogP contribution < -0.4 is 0 Å². The third-order valence-corrected chi connectivity index (χ3v) is 6.81. The van der Waals surface area contributed by atoms with E-state index in [-0.39, 0.29) is 22.9 Å². The fourth-order valence-electron chi connectivity index (χ4n) is 4.89. The number of hydrogen-bond donors (Lipinski definition) is 1. The SMILES string of the molecule is N#Cc1ccc(/C=C/C(=O)N2CC[C@@H]3CN(C(=O)c4ccc5n[nH]nc5c4)C[C@@H]3CC2)c(F)c1. The summed E-state index contributed by atoms with van der Waals surface area (Å²) in [6, 6.07) is 11.4. The highest BCUT2D eigenvalue weighted by Gasteiger charge is 2.37. The number of nitrogens with one attached hydrogen (secondary N) is 1. The lowest BCUT2D eigenvalue weighted by atomic mass is 9.92. The maximum Gasteiger partial charge on any atom is 0.253 e. The fourth-order valence-corrected chi connectivity index (χ4v) is 4.89. The highest BCUT2D eigenvalue weighted by Crippen LogP contribution is 2.33. The normalized spacial score (nSPS) is 20.4. The smallest absolute Gasteiger partial charge is 0.253 e. The van der Waals surface area contributed by atoms with Crippen molar-refractivity contribution in [1.29, 1.82) is 5.26 Å². The van der Waals surface area contributed by atoms with Crippen molar-refractivity contribution in [2.24, 2.45) is 11.8 Å². The van der Waals surface area contributed by atoms with Crippen molar-refractivity contribution < 1.29 is 14.0 Å². The van der Waals surface area contributed by atoms with Gasteiger partial charge in [-0.3, -0.25) is 9.59 Å². The van der Waals surface area contributed by atoms with Crippen LogP contribution in [0.5, 0.6) is 0 Å². The summed E-state index contributed by atoms with van der Waals surface area (Å²) < 4.78 is 14.1. The molecule has 2 atom stereocenters. The Balaban J connectivity index is 1.19. The molecule has 0 radical (unpaired) electrons. The molecule has 34 heavy (non-hydrogen) atoms. The summed E-state index contributed by atoms with van der Waals surface area (Å²) in [5, 5.41) is 19.5. The van der Waals surface area contributed by atoms with E-state index in [1.807, 2.05) is 11.0 Å². The van der Waals surface area contributed by atoms with Crippen molar-refractivity contribution in [3.63, 3.8) is 0 Å². The van der Waals surface area contributed by atoms with Gasteiger partial charge in [0, 0.05) is 43.4 Å². The molecule has 3 heterocycles. The second-order valence-corrected chi connectivity index (χ2v) is 8.84. The van der Waals surface area contributed by atoms with Gasteiger partial charge in [0.05, 0.1) is 11.6 Å². The maximum atomic E-state index is 14.1. The van der Waals surface area contributed by atoms with Gasteiger partial charge in [-0.15, -0.1) is 0 Å². The number of aromatic amines is 1. The van der Waals surface area contributed by atoms with Crippen molar-refractivity contribution in [2.75, 3.05) is 26.2 Å². The van der Waals surface area contributed by atoms with Crippen LogP contribution in [0.1, 0.15) is 34.3 Å². The molecule has 0 spiro atoms. The predicted octanol–water partition coefficient (Wildman–Crippen LogP) is 2.99. The van der Waals surface area contributed by atoms with Gasteiger partial charge in [-0.05, 0) is 61.1 Å². The number of carbonyl (C=O) groups excluding carboxylic acids is 2.